The molecular formula is C18H24BIO2S. The van der Waals surface area contributed by atoms with Gasteiger partial charge < -0.3 is 9.76 Å². The van der Waals surface area contributed by atoms with Gasteiger partial charge in [-0.1, -0.05) is 46.5 Å². The van der Waals surface area contributed by atoms with Crippen molar-refractivity contribution in [3.63, 3.8) is 0 Å². The van der Waals surface area contributed by atoms with E-state index < -0.39 is 0 Å². The standard InChI is InChI=1S/C18H24BIO2S/c1-4-10-17-16(12-9-13-18(17)22-3)15(2)11-7-5-6-8-14-23-19(20)21/h4,9,12-13,15,21H,1,5-6,8,10,14H2,2-3H3. The van der Waals surface area contributed by atoms with E-state index in [0.29, 0.717) is 0 Å². The number of unbranched alkanes of at least 4 members (excludes halogenated alkanes) is 2. The second kappa shape index (κ2) is 11.9. The van der Waals surface area contributed by atoms with Gasteiger partial charge in [-0.15, -0.1) is 12.5 Å². The van der Waals surface area contributed by atoms with E-state index >= 15 is 0 Å². The summed E-state index contributed by atoms with van der Waals surface area (Å²) in [6.07, 6.45) is 5.77. The van der Waals surface area contributed by atoms with Crippen molar-refractivity contribution in [3.8, 4) is 17.6 Å². The van der Waals surface area contributed by atoms with Gasteiger partial charge in [-0.3, -0.25) is 0 Å². The molecule has 0 spiro atoms. The van der Waals surface area contributed by atoms with Crippen molar-refractivity contribution in [3.05, 3.63) is 42.0 Å². The summed E-state index contributed by atoms with van der Waals surface area (Å²) < 4.78 is 5.16. The predicted molar refractivity (Wildman–Crippen MR) is 111 cm³/mol. The van der Waals surface area contributed by atoms with E-state index in [0.717, 1.165) is 37.2 Å². The Morgan fingerprint density at radius 3 is 2.91 bits per heavy atom. The van der Waals surface area contributed by atoms with Crippen LogP contribution in [0.5, 0.6) is 5.75 Å². The zero-order valence-corrected chi connectivity index (χ0v) is 16.8. The third-order valence-electron chi connectivity index (χ3n) is 3.47. The lowest BCUT2D eigenvalue weighted by atomic mass is 9.93. The molecule has 124 valence electrons. The Bertz CT molecular complexity index is 552. The Morgan fingerprint density at radius 2 is 2.26 bits per heavy atom. The smallest absolute Gasteiger partial charge is 0.432 e. The third kappa shape index (κ3) is 7.69. The molecule has 0 amide bonds. The van der Waals surface area contributed by atoms with Crippen molar-refractivity contribution >= 4 is 38.0 Å². The van der Waals surface area contributed by atoms with E-state index in [-0.39, 0.29) is 9.97 Å². The van der Waals surface area contributed by atoms with Gasteiger partial charge in [0.15, 0.2) is 0 Å². The summed E-state index contributed by atoms with van der Waals surface area (Å²) in [5, 5.41) is 9.17. The monoisotopic (exact) mass is 442 g/mol. The highest BCUT2D eigenvalue weighted by atomic mass is 127. The first-order valence-electron chi connectivity index (χ1n) is 7.79. The number of halogens is 1. The quantitative estimate of drug-likeness (QED) is 0.195. The first kappa shape index (κ1) is 20.5. The summed E-state index contributed by atoms with van der Waals surface area (Å²) in [6.45, 7) is 5.97. The molecule has 0 bridgehead atoms. The number of hydrogen-bond acceptors (Lipinski definition) is 3. The van der Waals surface area contributed by atoms with E-state index in [1.807, 2.05) is 40.6 Å². The van der Waals surface area contributed by atoms with Gasteiger partial charge in [-0.25, -0.2) is 0 Å². The number of hydrogen-bond donors (Lipinski definition) is 1. The topological polar surface area (TPSA) is 29.5 Å². The summed E-state index contributed by atoms with van der Waals surface area (Å²) in [5.74, 6) is 8.72. The molecule has 0 saturated heterocycles. The summed E-state index contributed by atoms with van der Waals surface area (Å²) >= 11 is 3.59. The molecule has 2 nitrogen and oxygen atoms in total. The van der Waals surface area contributed by atoms with E-state index in [1.54, 1.807) is 18.7 Å². The highest BCUT2D eigenvalue weighted by Gasteiger charge is 2.11. The van der Waals surface area contributed by atoms with E-state index in [4.69, 9.17) is 4.74 Å². The molecule has 0 aliphatic rings. The first-order chi connectivity index (χ1) is 11.1. The predicted octanol–water partition coefficient (Wildman–Crippen LogP) is 4.85. The van der Waals surface area contributed by atoms with Gasteiger partial charge in [0.1, 0.15) is 5.75 Å². The third-order valence-corrected chi connectivity index (χ3v) is 5.35. The van der Waals surface area contributed by atoms with Gasteiger partial charge in [0, 0.05) is 17.9 Å². The van der Waals surface area contributed by atoms with Crippen molar-refractivity contribution in [1.82, 2.24) is 0 Å². The van der Waals surface area contributed by atoms with Crippen LogP contribution in [-0.2, 0) is 6.42 Å². The molecule has 0 aromatic heterocycles. The zero-order chi connectivity index (χ0) is 17.1. The Kier molecular flexibility index (Phi) is 10.6. The molecule has 1 N–H and O–H groups in total. The summed E-state index contributed by atoms with van der Waals surface area (Å²) in [7, 11) is 1.70. The lowest BCUT2D eigenvalue weighted by Gasteiger charge is -2.14. The fourth-order valence-corrected chi connectivity index (χ4v) is 3.67. The maximum Gasteiger partial charge on any atom is 0.432 e. The van der Waals surface area contributed by atoms with E-state index in [2.05, 4.69) is 31.4 Å². The van der Waals surface area contributed by atoms with Gasteiger partial charge >= 0.3 is 4.05 Å². The van der Waals surface area contributed by atoms with Crippen LogP contribution in [0.25, 0.3) is 0 Å². The molecule has 1 unspecified atom stereocenters. The molecule has 0 saturated carbocycles. The molecule has 0 aliphatic carbocycles. The van der Waals surface area contributed by atoms with Crippen LogP contribution in [0.1, 0.15) is 43.2 Å². The van der Waals surface area contributed by atoms with Crippen molar-refractivity contribution in [2.24, 2.45) is 0 Å². The second-order valence-electron chi connectivity index (χ2n) is 5.18. The number of methoxy groups -OCH3 is 1. The lowest BCUT2D eigenvalue weighted by molar-refractivity contribution is 0.410. The van der Waals surface area contributed by atoms with E-state index in [9.17, 15) is 5.02 Å². The van der Waals surface area contributed by atoms with Crippen LogP contribution in [0.4, 0.5) is 0 Å². The molecule has 1 aromatic rings. The van der Waals surface area contributed by atoms with E-state index in [1.165, 1.54) is 11.1 Å². The Hall–Kier alpha value is -0.575. The highest BCUT2D eigenvalue weighted by molar-refractivity contribution is 14.1. The molecule has 0 fully saturated rings. The second-order valence-corrected chi connectivity index (χ2v) is 8.40. The molecule has 0 heterocycles. The van der Waals surface area contributed by atoms with Crippen LogP contribution >= 0.6 is 34.0 Å². The zero-order valence-electron chi connectivity index (χ0n) is 13.8. The SMILES string of the molecule is C=CCc1c(OC)cccc1C(C)C#CCCCCSB(O)I. The average Bonchev–Trinajstić information content (AvgIpc) is 2.54. The van der Waals surface area contributed by atoms with Gasteiger partial charge in [0.25, 0.3) is 0 Å². The maximum atomic E-state index is 9.17. The van der Waals surface area contributed by atoms with Crippen LogP contribution in [-0.4, -0.2) is 21.9 Å². The van der Waals surface area contributed by atoms with Crippen LogP contribution in [0.3, 0.4) is 0 Å². The minimum atomic E-state index is -0.296. The van der Waals surface area contributed by atoms with Crippen molar-refractivity contribution < 1.29 is 9.76 Å². The number of allylic oxidation sites excluding steroid dienone is 1. The van der Waals surface area contributed by atoms with Crippen molar-refractivity contribution in [2.75, 3.05) is 12.9 Å². The molecular weight excluding hydrogens is 418 g/mol. The van der Waals surface area contributed by atoms with Crippen LogP contribution in [0, 0.1) is 11.8 Å². The molecule has 0 aliphatic heterocycles. The lowest BCUT2D eigenvalue weighted by Crippen LogP contribution is -2.00. The molecule has 23 heavy (non-hydrogen) atoms. The molecule has 1 rings (SSSR count). The van der Waals surface area contributed by atoms with Crippen molar-refractivity contribution in [1.29, 1.82) is 0 Å². The highest BCUT2D eigenvalue weighted by Crippen LogP contribution is 2.28. The van der Waals surface area contributed by atoms with Gasteiger partial charge in [0.05, 0.1) is 7.11 Å². The number of ether oxygens (including phenoxy) is 1. The maximum absolute atomic E-state index is 9.17. The Labute approximate surface area is 158 Å². The average molecular weight is 442 g/mol. The van der Waals surface area contributed by atoms with Crippen LogP contribution < -0.4 is 4.74 Å². The minimum Gasteiger partial charge on any atom is -0.496 e. The summed E-state index contributed by atoms with van der Waals surface area (Å²) in [5.41, 5.74) is 2.40. The fraction of sp³-hybridized carbons (Fsp3) is 0.444. The summed E-state index contributed by atoms with van der Waals surface area (Å²) in [6, 6.07) is 6.13. The first-order valence-corrected chi connectivity index (χ1v) is 10.1. The Balaban J connectivity index is 2.60. The van der Waals surface area contributed by atoms with Crippen LogP contribution in [0.15, 0.2) is 30.9 Å². The molecule has 0 radical (unpaired) electrons. The minimum absolute atomic E-state index is 0.186. The molecule has 1 aromatic carbocycles. The van der Waals surface area contributed by atoms with Crippen molar-refractivity contribution in [2.45, 2.75) is 38.5 Å². The van der Waals surface area contributed by atoms with Gasteiger partial charge in [0.2, 0.25) is 0 Å². The van der Waals surface area contributed by atoms with Crippen LogP contribution in [0.2, 0.25) is 0 Å². The number of benzene rings is 1. The normalized spacial score (nSPS) is 11.3. The molecule has 1 atom stereocenters. The molecule has 5 heteroatoms. The van der Waals surface area contributed by atoms with Gasteiger partial charge in [-0.2, -0.15) is 11.6 Å². The summed E-state index contributed by atoms with van der Waals surface area (Å²) in [4.78, 5) is 0. The largest absolute Gasteiger partial charge is 0.496 e. The van der Waals surface area contributed by atoms with Gasteiger partial charge in [-0.05, 0) is 43.6 Å². The Morgan fingerprint density at radius 1 is 1.48 bits per heavy atom. The fourth-order valence-electron chi connectivity index (χ4n) is 2.34. The number of rotatable bonds is 9.